The van der Waals surface area contributed by atoms with Gasteiger partial charge < -0.3 is 4.90 Å². The first kappa shape index (κ1) is 18.5. The summed E-state index contributed by atoms with van der Waals surface area (Å²) in [6.07, 6.45) is 0. The molecule has 0 radical (unpaired) electrons. The van der Waals surface area contributed by atoms with Crippen LogP contribution in [0.25, 0.3) is 0 Å². The molecule has 0 spiro atoms. The van der Waals surface area contributed by atoms with E-state index in [1.165, 1.54) is 16.9 Å². The second-order valence-corrected chi connectivity index (χ2v) is 9.30. The molecule has 0 aliphatic carbocycles. The Hall–Kier alpha value is -2.31. The Kier molecular flexibility index (Phi) is 5.34. The predicted molar refractivity (Wildman–Crippen MR) is 110 cm³/mol. The van der Waals surface area contributed by atoms with Crippen molar-refractivity contribution in [2.24, 2.45) is 0 Å². The largest absolute Gasteiger partial charge is 0.342 e. The van der Waals surface area contributed by atoms with Crippen LogP contribution in [0.15, 0.2) is 64.9 Å². The molecule has 0 aliphatic heterocycles. The third-order valence-electron chi connectivity index (χ3n) is 4.04. The highest BCUT2D eigenvalue weighted by Gasteiger charge is 2.16. The minimum Gasteiger partial charge on any atom is -0.342 e. The Bertz CT molecular complexity index is 993. The molecule has 26 heavy (non-hydrogen) atoms. The van der Waals surface area contributed by atoms with Gasteiger partial charge in [-0.15, -0.1) is 11.3 Å². The highest BCUT2D eigenvalue weighted by atomic mass is 32.2. The van der Waals surface area contributed by atoms with Crippen molar-refractivity contribution in [1.82, 2.24) is 0 Å². The molecule has 0 bridgehead atoms. The van der Waals surface area contributed by atoms with Crippen molar-refractivity contribution in [2.75, 3.05) is 16.2 Å². The zero-order valence-electron chi connectivity index (χ0n) is 15.1. The number of anilines is 3. The lowest BCUT2D eigenvalue weighted by molar-refractivity contribution is 0.603. The smallest absolute Gasteiger partial charge is 0.271 e. The van der Waals surface area contributed by atoms with Crippen LogP contribution in [-0.4, -0.2) is 15.0 Å². The fraction of sp³-hybridized carbons (Fsp3) is 0.200. The first-order chi connectivity index (χ1) is 12.4. The molecule has 6 heteroatoms. The lowest BCUT2D eigenvalue weighted by Crippen LogP contribution is -2.16. The van der Waals surface area contributed by atoms with Gasteiger partial charge in [0.2, 0.25) is 0 Å². The summed E-state index contributed by atoms with van der Waals surface area (Å²) in [4.78, 5) is 3.16. The number of thiophene rings is 1. The van der Waals surface area contributed by atoms with Crippen LogP contribution in [0.4, 0.5) is 17.1 Å². The number of nitrogens with zero attached hydrogens (tertiary/aromatic N) is 1. The van der Waals surface area contributed by atoms with Crippen molar-refractivity contribution in [3.63, 3.8) is 0 Å². The summed E-state index contributed by atoms with van der Waals surface area (Å²) in [7, 11) is -3.53. The predicted octanol–water partition coefficient (Wildman–Crippen LogP) is 5.32. The Morgan fingerprint density at radius 1 is 0.962 bits per heavy atom. The summed E-state index contributed by atoms with van der Waals surface area (Å²) >= 11 is 1.27. The molecule has 1 aromatic heterocycles. The molecule has 1 heterocycles. The molecular weight excluding hydrogens is 364 g/mol. The third kappa shape index (κ3) is 4.08. The number of hydrogen-bond acceptors (Lipinski definition) is 4. The van der Waals surface area contributed by atoms with Crippen LogP contribution in [0.5, 0.6) is 0 Å². The van der Waals surface area contributed by atoms with Crippen molar-refractivity contribution in [1.29, 1.82) is 0 Å². The number of nitrogens with one attached hydrogen (secondary N) is 1. The van der Waals surface area contributed by atoms with Gasteiger partial charge >= 0.3 is 0 Å². The topological polar surface area (TPSA) is 49.4 Å². The monoisotopic (exact) mass is 386 g/mol. The number of sulfonamides is 1. The molecule has 3 aromatic rings. The molecule has 4 nitrogen and oxygen atoms in total. The first-order valence-corrected chi connectivity index (χ1v) is 10.7. The maximum Gasteiger partial charge on any atom is 0.271 e. The van der Waals surface area contributed by atoms with Crippen molar-refractivity contribution in [2.45, 2.75) is 25.0 Å². The Morgan fingerprint density at radius 2 is 1.69 bits per heavy atom. The zero-order valence-corrected chi connectivity index (χ0v) is 16.7. The van der Waals surface area contributed by atoms with E-state index < -0.39 is 10.0 Å². The Morgan fingerprint density at radius 3 is 2.27 bits per heavy atom. The van der Waals surface area contributed by atoms with Gasteiger partial charge in [0, 0.05) is 28.5 Å². The van der Waals surface area contributed by atoms with Crippen LogP contribution in [-0.2, 0) is 10.0 Å². The van der Waals surface area contributed by atoms with E-state index in [0.29, 0.717) is 9.90 Å². The lowest BCUT2D eigenvalue weighted by atomic mass is 10.2. The highest BCUT2D eigenvalue weighted by Crippen LogP contribution is 2.28. The summed E-state index contributed by atoms with van der Waals surface area (Å²) in [5, 5.41) is 0. The minimum atomic E-state index is -3.53. The van der Waals surface area contributed by atoms with Crippen LogP contribution in [0, 0.1) is 13.8 Å². The van der Waals surface area contributed by atoms with Gasteiger partial charge in [-0.25, -0.2) is 8.42 Å². The van der Waals surface area contributed by atoms with Gasteiger partial charge in [0.25, 0.3) is 10.0 Å². The zero-order chi connectivity index (χ0) is 18.7. The molecule has 0 unspecified atom stereocenters. The summed E-state index contributed by atoms with van der Waals surface area (Å²) in [6.45, 7) is 6.88. The molecular formula is C20H22N2O2S2. The maximum absolute atomic E-state index is 12.4. The summed E-state index contributed by atoms with van der Waals surface area (Å²) in [5.41, 5.74) is 3.90. The second-order valence-electron chi connectivity index (χ2n) is 6.10. The fourth-order valence-electron chi connectivity index (χ4n) is 2.78. The van der Waals surface area contributed by atoms with E-state index >= 15 is 0 Å². The summed E-state index contributed by atoms with van der Waals surface area (Å²) < 4.78 is 27.8. The van der Waals surface area contributed by atoms with E-state index in [-0.39, 0.29) is 0 Å². The van der Waals surface area contributed by atoms with Crippen molar-refractivity contribution < 1.29 is 8.42 Å². The van der Waals surface area contributed by atoms with Gasteiger partial charge in [0.1, 0.15) is 4.21 Å². The average Bonchev–Trinajstić information content (AvgIpc) is 3.04. The molecule has 0 fully saturated rings. The number of benzene rings is 2. The molecule has 1 N–H and O–H groups in total. The maximum atomic E-state index is 12.4. The molecule has 0 aliphatic rings. The van der Waals surface area contributed by atoms with E-state index in [1.54, 1.807) is 18.2 Å². The van der Waals surface area contributed by atoms with Crippen LogP contribution >= 0.6 is 11.3 Å². The second kappa shape index (κ2) is 7.51. The van der Waals surface area contributed by atoms with Crippen molar-refractivity contribution in [3.8, 4) is 0 Å². The van der Waals surface area contributed by atoms with Gasteiger partial charge in [-0.1, -0.05) is 12.1 Å². The normalized spacial score (nSPS) is 11.3. The molecule has 0 amide bonds. The molecule has 0 saturated carbocycles. The van der Waals surface area contributed by atoms with E-state index in [1.807, 2.05) is 31.2 Å². The van der Waals surface area contributed by atoms with Crippen LogP contribution in [0.3, 0.4) is 0 Å². The molecule has 136 valence electrons. The number of rotatable bonds is 6. The molecule has 0 atom stereocenters. The van der Waals surface area contributed by atoms with E-state index in [4.69, 9.17) is 0 Å². The van der Waals surface area contributed by atoms with Crippen molar-refractivity contribution in [3.05, 3.63) is 71.1 Å². The number of aryl methyl sites for hydroxylation is 2. The van der Waals surface area contributed by atoms with Crippen LogP contribution < -0.4 is 9.62 Å². The van der Waals surface area contributed by atoms with Gasteiger partial charge in [-0.2, -0.15) is 0 Å². The quantitative estimate of drug-likeness (QED) is 0.623. The Labute approximate surface area is 159 Å². The minimum absolute atomic E-state index is 0.328. The fourth-order valence-corrected chi connectivity index (χ4v) is 5.12. The number of hydrogen-bond donors (Lipinski definition) is 1. The molecule has 3 rings (SSSR count). The van der Waals surface area contributed by atoms with Gasteiger partial charge in [-0.05, 0) is 74.9 Å². The van der Waals surface area contributed by atoms with E-state index in [9.17, 15) is 8.42 Å². The SMILES string of the molecule is CCN(c1ccc(NS(=O)(=O)c2ccc(C)s2)cc1)c1cccc(C)c1. The summed E-state index contributed by atoms with van der Waals surface area (Å²) in [6, 6.07) is 19.2. The van der Waals surface area contributed by atoms with Gasteiger partial charge in [0.05, 0.1) is 0 Å². The van der Waals surface area contributed by atoms with E-state index in [2.05, 4.69) is 41.7 Å². The van der Waals surface area contributed by atoms with Crippen molar-refractivity contribution >= 4 is 38.4 Å². The molecule has 2 aromatic carbocycles. The lowest BCUT2D eigenvalue weighted by Gasteiger charge is -2.24. The third-order valence-corrected chi connectivity index (χ3v) is 6.92. The average molecular weight is 387 g/mol. The molecule has 0 saturated heterocycles. The van der Waals surface area contributed by atoms with Crippen LogP contribution in [0.1, 0.15) is 17.4 Å². The van der Waals surface area contributed by atoms with Gasteiger partial charge in [-0.3, -0.25) is 4.72 Å². The standard InChI is InChI=1S/C20H22N2O2S2/c1-4-22(19-7-5-6-15(2)14-19)18-11-9-17(10-12-18)21-26(23,24)20-13-8-16(3)25-20/h5-14,21H,4H2,1-3H3. The van der Waals surface area contributed by atoms with E-state index in [0.717, 1.165) is 22.8 Å². The summed E-state index contributed by atoms with van der Waals surface area (Å²) in [5.74, 6) is 0. The Balaban J connectivity index is 1.81. The highest BCUT2D eigenvalue weighted by molar-refractivity contribution is 7.94. The van der Waals surface area contributed by atoms with Gasteiger partial charge in [0.15, 0.2) is 0 Å². The first-order valence-electron chi connectivity index (χ1n) is 8.42. The van der Waals surface area contributed by atoms with Crippen LogP contribution in [0.2, 0.25) is 0 Å².